The van der Waals surface area contributed by atoms with Crippen molar-refractivity contribution < 1.29 is 18.3 Å². The maximum absolute atomic E-state index is 13.3. The molecule has 1 atom stereocenters. The Kier molecular flexibility index (Phi) is 5.50. The van der Waals surface area contributed by atoms with E-state index >= 15 is 0 Å². The number of ether oxygens (including phenoxy) is 1. The van der Waals surface area contributed by atoms with Crippen molar-refractivity contribution in [3.05, 3.63) is 29.8 Å². The van der Waals surface area contributed by atoms with E-state index in [0.29, 0.717) is 19.4 Å². The normalized spacial score (nSPS) is 18.0. The van der Waals surface area contributed by atoms with Crippen LogP contribution in [0.3, 0.4) is 0 Å². The third-order valence-electron chi connectivity index (χ3n) is 3.66. The summed E-state index contributed by atoms with van der Waals surface area (Å²) in [4.78, 5) is 13.8. The van der Waals surface area contributed by atoms with Crippen LogP contribution in [0.2, 0.25) is 0 Å². The van der Waals surface area contributed by atoms with E-state index in [2.05, 4.69) is 0 Å². The van der Waals surface area contributed by atoms with Crippen molar-refractivity contribution in [3.63, 3.8) is 0 Å². The van der Waals surface area contributed by atoms with Crippen LogP contribution in [0.5, 0.6) is 5.75 Å². The highest BCUT2D eigenvalue weighted by molar-refractivity contribution is 5.76. The number of hydrogen-bond donors (Lipinski definition) is 1. The minimum Gasteiger partial charge on any atom is -0.491 e. The Morgan fingerprint density at radius 2 is 2.24 bits per heavy atom. The van der Waals surface area contributed by atoms with Gasteiger partial charge in [0.15, 0.2) is 11.6 Å². The molecule has 1 amide bonds. The lowest BCUT2D eigenvalue weighted by atomic mass is 10.2. The molecule has 1 fully saturated rings. The molecule has 21 heavy (non-hydrogen) atoms. The Morgan fingerprint density at radius 3 is 2.95 bits per heavy atom. The molecule has 1 aliphatic heterocycles. The van der Waals surface area contributed by atoms with Gasteiger partial charge in [0.1, 0.15) is 5.82 Å². The van der Waals surface area contributed by atoms with E-state index in [1.54, 1.807) is 0 Å². The monoisotopic (exact) mass is 298 g/mol. The quantitative estimate of drug-likeness (QED) is 0.818. The van der Waals surface area contributed by atoms with Gasteiger partial charge in [-0.1, -0.05) is 0 Å². The molecular weight excluding hydrogens is 278 g/mol. The second kappa shape index (κ2) is 7.36. The number of rotatable bonds is 6. The molecule has 0 aromatic heterocycles. The number of nitrogens with zero attached hydrogens (tertiary/aromatic N) is 1. The number of carbonyl (C=O) groups is 1. The van der Waals surface area contributed by atoms with Gasteiger partial charge in [-0.05, 0) is 31.4 Å². The number of benzene rings is 1. The molecule has 4 nitrogen and oxygen atoms in total. The Balaban J connectivity index is 1.73. The smallest absolute Gasteiger partial charge is 0.222 e. The van der Waals surface area contributed by atoms with Crippen LogP contribution in [-0.4, -0.2) is 36.5 Å². The molecule has 2 rings (SSSR count). The molecule has 0 bridgehead atoms. The number of hydrogen-bond acceptors (Lipinski definition) is 3. The van der Waals surface area contributed by atoms with Gasteiger partial charge in [0.05, 0.1) is 6.61 Å². The van der Waals surface area contributed by atoms with E-state index in [1.807, 2.05) is 4.90 Å². The van der Waals surface area contributed by atoms with E-state index in [4.69, 9.17) is 10.5 Å². The molecule has 1 heterocycles. The maximum Gasteiger partial charge on any atom is 0.222 e. The first-order chi connectivity index (χ1) is 10.1. The van der Waals surface area contributed by atoms with Crippen LogP contribution in [0.1, 0.15) is 25.7 Å². The van der Waals surface area contributed by atoms with Crippen molar-refractivity contribution in [2.45, 2.75) is 31.7 Å². The zero-order chi connectivity index (χ0) is 15.2. The summed E-state index contributed by atoms with van der Waals surface area (Å²) in [5.41, 5.74) is 5.63. The third-order valence-corrected chi connectivity index (χ3v) is 3.66. The first kappa shape index (κ1) is 15.7. The van der Waals surface area contributed by atoms with Gasteiger partial charge in [0.2, 0.25) is 5.91 Å². The molecule has 1 aromatic rings. The van der Waals surface area contributed by atoms with Crippen LogP contribution in [-0.2, 0) is 4.79 Å². The van der Waals surface area contributed by atoms with Crippen LogP contribution in [0.15, 0.2) is 18.2 Å². The lowest BCUT2D eigenvalue weighted by Gasteiger charge is -2.23. The summed E-state index contributed by atoms with van der Waals surface area (Å²) >= 11 is 0. The Labute approximate surface area is 122 Å². The molecule has 0 unspecified atom stereocenters. The van der Waals surface area contributed by atoms with Crippen molar-refractivity contribution in [2.75, 3.05) is 19.7 Å². The Hall–Kier alpha value is -1.69. The number of halogens is 2. The lowest BCUT2D eigenvalue weighted by molar-refractivity contribution is -0.132. The van der Waals surface area contributed by atoms with E-state index < -0.39 is 11.6 Å². The fraction of sp³-hybridized carbons (Fsp3) is 0.533. The molecule has 116 valence electrons. The second-order valence-electron chi connectivity index (χ2n) is 5.15. The van der Waals surface area contributed by atoms with Crippen LogP contribution in [0.4, 0.5) is 8.78 Å². The predicted molar refractivity (Wildman–Crippen MR) is 74.9 cm³/mol. The topological polar surface area (TPSA) is 55.6 Å². The summed E-state index contributed by atoms with van der Waals surface area (Å²) in [6.07, 6.45) is 2.78. The molecular formula is C15H20F2N2O2. The highest BCUT2D eigenvalue weighted by atomic mass is 19.1. The molecule has 0 radical (unpaired) electrons. The highest BCUT2D eigenvalue weighted by Crippen LogP contribution is 2.19. The van der Waals surface area contributed by atoms with E-state index in [1.165, 1.54) is 6.07 Å². The maximum atomic E-state index is 13.3. The van der Waals surface area contributed by atoms with Crippen molar-refractivity contribution >= 4 is 5.91 Å². The SMILES string of the molecule is NC[C@H]1CCCN1C(=O)CCCOc1ccc(F)cc1F. The van der Waals surface area contributed by atoms with Gasteiger partial charge in [0, 0.05) is 31.6 Å². The largest absolute Gasteiger partial charge is 0.491 e. The predicted octanol–water partition coefficient (Wildman–Crippen LogP) is 2.07. The van der Waals surface area contributed by atoms with Gasteiger partial charge in [-0.15, -0.1) is 0 Å². The summed E-state index contributed by atoms with van der Waals surface area (Å²) in [6.45, 7) is 1.46. The van der Waals surface area contributed by atoms with Gasteiger partial charge < -0.3 is 15.4 Å². The zero-order valence-corrected chi connectivity index (χ0v) is 11.9. The van der Waals surface area contributed by atoms with Gasteiger partial charge >= 0.3 is 0 Å². The zero-order valence-electron chi connectivity index (χ0n) is 11.9. The summed E-state index contributed by atoms with van der Waals surface area (Å²) < 4.78 is 31.3. The second-order valence-corrected chi connectivity index (χ2v) is 5.15. The average Bonchev–Trinajstić information content (AvgIpc) is 2.93. The summed E-state index contributed by atoms with van der Waals surface area (Å²) in [6, 6.07) is 3.31. The molecule has 6 heteroatoms. The number of nitrogens with two attached hydrogens (primary N) is 1. The third kappa shape index (κ3) is 4.14. The molecule has 1 aliphatic rings. The summed E-state index contributed by atoms with van der Waals surface area (Å²) in [5.74, 6) is -1.31. The minimum atomic E-state index is -0.732. The standard InChI is InChI=1S/C15H20F2N2O2/c16-11-5-6-14(13(17)9-11)21-8-2-4-15(20)19-7-1-3-12(19)10-18/h5-6,9,12H,1-4,7-8,10,18H2/t12-/m1/s1. The number of likely N-dealkylation sites (tertiary alicyclic amines) is 1. The average molecular weight is 298 g/mol. The first-order valence-corrected chi connectivity index (χ1v) is 7.19. The molecule has 1 saturated heterocycles. The van der Waals surface area contributed by atoms with Crippen LogP contribution < -0.4 is 10.5 Å². The Morgan fingerprint density at radius 1 is 1.43 bits per heavy atom. The molecule has 1 aromatic carbocycles. The van der Waals surface area contributed by atoms with Gasteiger partial charge in [-0.25, -0.2) is 8.78 Å². The van der Waals surface area contributed by atoms with Crippen molar-refractivity contribution in [1.29, 1.82) is 0 Å². The molecule has 0 aliphatic carbocycles. The molecule has 2 N–H and O–H groups in total. The number of carbonyl (C=O) groups excluding carboxylic acids is 1. The first-order valence-electron chi connectivity index (χ1n) is 7.19. The Bertz CT molecular complexity index is 497. The number of amides is 1. The fourth-order valence-corrected chi connectivity index (χ4v) is 2.55. The lowest BCUT2D eigenvalue weighted by Crippen LogP contribution is -2.39. The van der Waals surface area contributed by atoms with Gasteiger partial charge in [0.25, 0.3) is 0 Å². The molecule has 0 spiro atoms. The summed E-state index contributed by atoms with van der Waals surface area (Å²) in [7, 11) is 0. The van der Waals surface area contributed by atoms with Crippen molar-refractivity contribution in [2.24, 2.45) is 5.73 Å². The molecule has 0 saturated carbocycles. The van der Waals surface area contributed by atoms with Crippen LogP contribution in [0.25, 0.3) is 0 Å². The van der Waals surface area contributed by atoms with Crippen LogP contribution in [0, 0.1) is 11.6 Å². The summed E-state index contributed by atoms with van der Waals surface area (Å²) in [5, 5.41) is 0. The van der Waals surface area contributed by atoms with Gasteiger partial charge in [-0.2, -0.15) is 0 Å². The van der Waals surface area contributed by atoms with Crippen molar-refractivity contribution in [1.82, 2.24) is 4.90 Å². The van der Waals surface area contributed by atoms with Crippen molar-refractivity contribution in [3.8, 4) is 5.75 Å². The van der Waals surface area contributed by atoms with Gasteiger partial charge in [-0.3, -0.25) is 4.79 Å². The minimum absolute atomic E-state index is 0.00450. The van der Waals surface area contributed by atoms with E-state index in [0.717, 1.165) is 31.5 Å². The fourth-order valence-electron chi connectivity index (χ4n) is 2.55. The van der Waals surface area contributed by atoms with Crippen LogP contribution >= 0.6 is 0 Å². The highest BCUT2D eigenvalue weighted by Gasteiger charge is 2.26. The van der Waals surface area contributed by atoms with E-state index in [-0.39, 0.29) is 24.3 Å². The van der Waals surface area contributed by atoms with E-state index in [9.17, 15) is 13.6 Å².